The van der Waals surface area contributed by atoms with Crippen molar-refractivity contribution in [3.05, 3.63) is 75.5 Å². The summed E-state index contributed by atoms with van der Waals surface area (Å²) < 4.78 is 5.49. The molecule has 6 rings (SSSR count). The highest BCUT2D eigenvalue weighted by Gasteiger charge is 2.68. The molecular weight excluding hydrogens is 580 g/mol. The minimum Gasteiger partial charge on any atom is -0.445 e. The molecule has 2 fully saturated rings. The van der Waals surface area contributed by atoms with Crippen molar-refractivity contribution >= 4 is 58.2 Å². The molecule has 3 atom stereocenters. The Hall–Kier alpha value is -3.61. The maximum Gasteiger partial charge on any atom is 0.407 e. The van der Waals surface area contributed by atoms with Gasteiger partial charge in [0.25, 0.3) is 0 Å². The van der Waals surface area contributed by atoms with Crippen molar-refractivity contribution in [3.8, 4) is 0 Å². The van der Waals surface area contributed by atoms with Crippen LogP contribution in [0.25, 0.3) is 0 Å². The fraction of sp³-hybridized carbons (Fsp3) is 0.321. The normalized spacial score (nSPS) is 21.3. The van der Waals surface area contributed by atoms with Gasteiger partial charge in [-0.1, -0.05) is 53.7 Å². The highest BCUT2D eigenvalue weighted by molar-refractivity contribution is 7.99. The molecule has 1 amide bonds. The molecule has 5 N–H and O–H groups in total. The highest BCUT2D eigenvalue weighted by atomic mass is 35.5. The van der Waals surface area contributed by atoms with Crippen molar-refractivity contribution in [1.82, 2.24) is 25.3 Å². The summed E-state index contributed by atoms with van der Waals surface area (Å²) in [5.74, 6) is 1.99. The molecule has 1 aromatic carbocycles. The van der Waals surface area contributed by atoms with Gasteiger partial charge in [-0.25, -0.2) is 24.7 Å². The first-order valence-corrected chi connectivity index (χ1v) is 15.2. The van der Waals surface area contributed by atoms with E-state index < -0.39 is 6.09 Å². The molecule has 212 valence electrons. The summed E-state index contributed by atoms with van der Waals surface area (Å²) >= 11 is 9.25. The van der Waals surface area contributed by atoms with Crippen LogP contribution in [0.4, 0.5) is 22.2 Å². The number of thiazole rings is 1. The molecule has 4 aromatic rings. The van der Waals surface area contributed by atoms with E-state index >= 15 is 0 Å². The van der Waals surface area contributed by atoms with Crippen LogP contribution in [0, 0.1) is 18.8 Å². The van der Waals surface area contributed by atoms with Crippen LogP contribution in [0.5, 0.6) is 0 Å². The molecule has 1 saturated carbocycles. The summed E-state index contributed by atoms with van der Waals surface area (Å²) in [6.07, 6.45) is 3.85. The number of nitrogens with zero attached hydrogens (tertiary/aromatic N) is 5. The first kappa shape index (κ1) is 27.6. The topological polar surface area (TPSA) is 145 Å². The zero-order valence-electron chi connectivity index (χ0n) is 22.3. The van der Waals surface area contributed by atoms with Crippen LogP contribution in [-0.2, 0) is 16.8 Å². The van der Waals surface area contributed by atoms with Gasteiger partial charge < -0.3 is 26.4 Å². The number of halogens is 1. The van der Waals surface area contributed by atoms with E-state index in [-0.39, 0.29) is 17.8 Å². The van der Waals surface area contributed by atoms with Gasteiger partial charge in [-0.05, 0) is 36.8 Å². The number of anilines is 3. The summed E-state index contributed by atoms with van der Waals surface area (Å²) in [7, 11) is 0. The van der Waals surface area contributed by atoms with Gasteiger partial charge in [-0.15, -0.1) is 11.3 Å². The largest absolute Gasteiger partial charge is 0.445 e. The average Bonchev–Trinajstić information content (AvgIpc) is 3.42. The number of aromatic nitrogens is 4. The number of hydrogen-bond acceptors (Lipinski definition) is 11. The second-order valence-corrected chi connectivity index (χ2v) is 12.5. The van der Waals surface area contributed by atoms with E-state index in [1.54, 1.807) is 29.8 Å². The number of carbonyl (C=O) groups is 1. The van der Waals surface area contributed by atoms with Crippen LogP contribution in [0.15, 0.2) is 64.1 Å². The van der Waals surface area contributed by atoms with Crippen molar-refractivity contribution < 1.29 is 9.53 Å². The number of pyridine rings is 1. The Bertz CT molecular complexity index is 1570. The number of hydrogen-bond donors (Lipinski definition) is 3. The van der Waals surface area contributed by atoms with Crippen molar-refractivity contribution in [2.75, 3.05) is 36.0 Å². The van der Waals surface area contributed by atoms with Gasteiger partial charge in [-0.2, -0.15) is 0 Å². The molecule has 3 unspecified atom stereocenters. The van der Waals surface area contributed by atoms with Crippen molar-refractivity contribution in [3.63, 3.8) is 0 Å². The van der Waals surface area contributed by atoms with E-state index in [1.807, 2.05) is 37.3 Å². The lowest BCUT2D eigenvalue weighted by molar-refractivity contribution is 0.138. The Balaban J connectivity index is 1.14. The van der Waals surface area contributed by atoms with Crippen molar-refractivity contribution in [2.45, 2.75) is 35.3 Å². The Morgan fingerprint density at radius 1 is 1.20 bits per heavy atom. The fourth-order valence-electron chi connectivity index (χ4n) is 5.64. The molecule has 4 heterocycles. The third-order valence-electron chi connectivity index (χ3n) is 7.74. The number of piperidine rings is 1. The molecule has 0 bridgehead atoms. The van der Waals surface area contributed by atoms with Crippen LogP contribution in [0.3, 0.4) is 0 Å². The Kier molecular flexibility index (Phi) is 7.62. The van der Waals surface area contributed by atoms with E-state index in [0.29, 0.717) is 39.1 Å². The lowest BCUT2D eigenvalue weighted by atomic mass is 10.0. The van der Waals surface area contributed by atoms with E-state index in [9.17, 15) is 4.79 Å². The van der Waals surface area contributed by atoms with E-state index in [1.165, 1.54) is 11.8 Å². The number of rotatable bonds is 8. The van der Waals surface area contributed by atoms with E-state index in [4.69, 9.17) is 32.8 Å². The summed E-state index contributed by atoms with van der Waals surface area (Å²) in [5, 5.41) is 7.07. The second kappa shape index (κ2) is 11.3. The van der Waals surface area contributed by atoms with Crippen LogP contribution in [-0.4, -0.2) is 45.7 Å². The number of nitrogens with one attached hydrogen (secondary N) is 1. The number of nitrogen functional groups attached to an aromatic ring is 2. The molecule has 1 aliphatic heterocycles. The van der Waals surface area contributed by atoms with Crippen molar-refractivity contribution in [2.24, 2.45) is 11.8 Å². The molecular formula is C28H29ClN8O2S2. The zero-order chi connectivity index (χ0) is 28.6. The molecule has 3 aromatic heterocycles. The Labute approximate surface area is 250 Å². The quantitative estimate of drug-likeness (QED) is 0.252. The number of nitrogens with two attached hydrogens (primary N) is 2. The van der Waals surface area contributed by atoms with Gasteiger partial charge in [0.1, 0.15) is 28.3 Å². The molecule has 13 heteroatoms. The van der Waals surface area contributed by atoms with Crippen molar-refractivity contribution in [1.29, 1.82) is 0 Å². The SMILES string of the molecule is Cc1csc(C2(CNC(=O)OCc3ccccc3)C3CCN(c4cnc(Sc5ccnc(N)c5Cl)c(N)n4)CC32)n1. The molecule has 10 nitrogen and oxygen atoms in total. The van der Waals surface area contributed by atoms with Crippen LogP contribution in [0.1, 0.15) is 22.7 Å². The van der Waals surface area contributed by atoms with Gasteiger partial charge in [0.2, 0.25) is 0 Å². The first-order chi connectivity index (χ1) is 19.8. The Morgan fingerprint density at radius 2 is 2.02 bits per heavy atom. The number of carbonyl (C=O) groups excluding carboxylic acids is 1. The number of ether oxygens (including phenoxy) is 1. The molecule has 0 spiro atoms. The number of benzene rings is 1. The molecule has 0 radical (unpaired) electrons. The summed E-state index contributed by atoms with van der Waals surface area (Å²) in [5.41, 5.74) is 13.8. The molecule has 1 saturated heterocycles. The third-order valence-corrected chi connectivity index (χ3v) is 10.5. The maximum absolute atomic E-state index is 12.6. The van der Waals surface area contributed by atoms with Gasteiger partial charge >= 0.3 is 6.09 Å². The van der Waals surface area contributed by atoms with Crippen LogP contribution >= 0.6 is 34.7 Å². The average molecular weight is 609 g/mol. The smallest absolute Gasteiger partial charge is 0.407 e. The van der Waals surface area contributed by atoms with E-state index in [0.717, 1.165) is 41.6 Å². The lowest BCUT2D eigenvalue weighted by Crippen LogP contribution is -2.35. The predicted octanol–water partition coefficient (Wildman–Crippen LogP) is 4.93. The van der Waals surface area contributed by atoms with Gasteiger partial charge in [0.15, 0.2) is 5.82 Å². The molecule has 41 heavy (non-hydrogen) atoms. The van der Waals surface area contributed by atoms with Gasteiger partial charge in [0.05, 0.1) is 11.2 Å². The minimum atomic E-state index is -0.426. The first-order valence-electron chi connectivity index (χ1n) is 13.2. The van der Waals surface area contributed by atoms with Gasteiger partial charge in [-0.3, -0.25) is 0 Å². The number of alkyl carbamates (subject to hydrolysis) is 1. The van der Waals surface area contributed by atoms with E-state index in [2.05, 4.69) is 30.5 Å². The third kappa shape index (κ3) is 5.51. The monoisotopic (exact) mass is 608 g/mol. The van der Waals surface area contributed by atoms with Crippen LogP contribution in [0.2, 0.25) is 5.02 Å². The van der Waals surface area contributed by atoms with Crippen LogP contribution < -0.4 is 21.7 Å². The number of fused-ring (bicyclic) bond motifs is 1. The minimum absolute atomic E-state index is 0.228. The summed E-state index contributed by atoms with van der Waals surface area (Å²) in [6.45, 7) is 4.26. The maximum atomic E-state index is 12.6. The highest BCUT2D eigenvalue weighted by Crippen LogP contribution is 2.63. The predicted molar refractivity (Wildman–Crippen MR) is 161 cm³/mol. The lowest BCUT2D eigenvalue weighted by Gasteiger charge is -2.27. The Morgan fingerprint density at radius 3 is 2.78 bits per heavy atom. The number of aryl methyl sites for hydroxylation is 1. The fourth-order valence-corrected chi connectivity index (χ4v) is 7.78. The molecule has 1 aliphatic carbocycles. The molecule has 2 aliphatic rings. The second-order valence-electron chi connectivity index (χ2n) is 10.2. The summed E-state index contributed by atoms with van der Waals surface area (Å²) in [4.78, 5) is 33.7. The number of amides is 1. The van der Waals surface area contributed by atoms with Gasteiger partial charge in [0, 0.05) is 47.2 Å². The zero-order valence-corrected chi connectivity index (χ0v) is 24.7. The standard InChI is InChI=1S/C28H29ClN8O2S2/c1-16-14-40-26(35-16)28(15-34-27(38)39-13-17-5-3-2-4-6-17)18-8-10-37(12-19(18)28)21-11-33-25(24(31)36-21)41-20-7-9-32-23(30)22(20)29/h2-7,9,11,14,18-19H,8,10,12-13,15H2,1H3,(H2,30,32)(H2,31,36)(H,34,38). The summed E-state index contributed by atoms with van der Waals surface area (Å²) in [6, 6.07) is 11.4.